The number of hydrogen-bond acceptors (Lipinski definition) is 6. The third kappa shape index (κ3) is 5.20. The van der Waals surface area contributed by atoms with Gasteiger partial charge in [0.15, 0.2) is 5.16 Å². The lowest BCUT2D eigenvalue weighted by molar-refractivity contribution is -0.118. The van der Waals surface area contributed by atoms with Crippen LogP contribution in [0.2, 0.25) is 0 Å². The van der Waals surface area contributed by atoms with Crippen molar-refractivity contribution in [3.8, 4) is 5.75 Å². The Hall–Kier alpha value is -2.74. The molecule has 1 N–H and O–H groups in total. The van der Waals surface area contributed by atoms with Gasteiger partial charge in [-0.1, -0.05) is 23.9 Å². The highest BCUT2D eigenvalue weighted by molar-refractivity contribution is 7.99. The van der Waals surface area contributed by atoms with Crippen molar-refractivity contribution in [1.82, 2.24) is 20.1 Å². The van der Waals surface area contributed by atoms with Gasteiger partial charge in [0.05, 0.1) is 25.7 Å². The van der Waals surface area contributed by atoms with Crippen molar-refractivity contribution in [3.63, 3.8) is 0 Å². The maximum absolute atomic E-state index is 12.3. The van der Waals surface area contributed by atoms with E-state index >= 15 is 0 Å². The van der Waals surface area contributed by atoms with E-state index in [0.717, 1.165) is 47.3 Å². The number of methoxy groups -OCH3 is 1. The van der Waals surface area contributed by atoms with Gasteiger partial charge in [-0.3, -0.25) is 9.36 Å². The van der Waals surface area contributed by atoms with E-state index in [1.807, 2.05) is 36.4 Å². The number of carbonyl (C=O) groups excluding carboxylic acids is 1. The van der Waals surface area contributed by atoms with Crippen LogP contribution >= 0.6 is 11.8 Å². The van der Waals surface area contributed by atoms with Gasteiger partial charge in [-0.05, 0) is 49.1 Å². The fraction of sp³-hybridized carbons (Fsp3) is 0.381. The Kier molecular flexibility index (Phi) is 6.19. The number of thioether (sulfide) groups is 1. The van der Waals surface area contributed by atoms with Gasteiger partial charge in [-0.2, -0.15) is 0 Å². The van der Waals surface area contributed by atoms with Crippen molar-refractivity contribution >= 4 is 17.7 Å². The summed E-state index contributed by atoms with van der Waals surface area (Å²) in [5, 5.41) is 12.4. The smallest absolute Gasteiger partial charge is 0.230 e. The van der Waals surface area contributed by atoms with Crippen LogP contribution in [0.4, 0.5) is 0 Å². The molecule has 152 valence electrons. The van der Waals surface area contributed by atoms with Crippen LogP contribution in [0.15, 0.2) is 52.2 Å². The van der Waals surface area contributed by atoms with E-state index in [9.17, 15) is 4.79 Å². The summed E-state index contributed by atoms with van der Waals surface area (Å²) < 4.78 is 12.7. The molecule has 0 aliphatic heterocycles. The highest BCUT2D eigenvalue weighted by Crippen LogP contribution is 2.40. The Morgan fingerprint density at radius 1 is 1.28 bits per heavy atom. The van der Waals surface area contributed by atoms with Gasteiger partial charge in [0.25, 0.3) is 0 Å². The number of hydrogen-bond donors (Lipinski definition) is 1. The minimum atomic E-state index is -0.0102. The van der Waals surface area contributed by atoms with Gasteiger partial charge < -0.3 is 14.5 Å². The van der Waals surface area contributed by atoms with Crippen molar-refractivity contribution in [2.24, 2.45) is 0 Å². The molecular weight excluding hydrogens is 388 g/mol. The van der Waals surface area contributed by atoms with Crippen LogP contribution in [0.3, 0.4) is 0 Å². The first kappa shape index (κ1) is 19.6. The van der Waals surface area contributed by atoms with E-state index in [1.165, 1.54) is 11.8 Å². The van der Waals surface area contributed by atoms with Gasteiger partial charge in [0.1, 0.15) is 17.3 Å². The average Bonchev–Trinajstić information content (AvgIpc) is 3.30. The molecule has 8 heteroatoms. The number of benzene rings is 1. The summed E-state index contributed by atoms with van der Waals surface area (Å²) in [6.07, 6.45) is 4.74. The van der Waals surface area contributed by atoms with Crippen molar-refractivity contribution in [2.45, 2.75) is 36.9 Å². The minimum Gasteiger partial charge on any atom is -0.497 e. The van der Waals surface area contributed by atoms with Crippen LogP contribution in [-0.2, 0) is 17.8 Å². The number of carbonyl (C=O) groups is 1. The summed E-state index contributed by atoms with van der Waals surface area (Å²) in [6.45, 7) is 1.19. The number of ether oxygens (including phenoxy) is 1. The summed E-state index contributed by atoms with van der Waals surface area (Å²) >= 11 is 1.41. The van der Waals surface area contributed by atoms with Gasteiger partial charge in [-0.25, -0.2) is 0 Å². The van der Waals surface area contributed by atoms with Crippen LogP contribution in [0.25, 0.3) is 0 Å². The second-order valence-corrected chi connectivity index (χ2v) is 7.96. The third-order valence-corrected chi connectivity index (χ3v) is 5.78. The molecule has 0 unspecified atom stereocenters. The molecule has 1 aliphatic carbocycles. The number of aromatic nitrogens is 3. The van der Waals surface area contributed by atoms with Gasteiger partial charge >= 0.3 is 0 Å². The van der Waals surface area contributed by atoms with E-state index in [2.05, 4.69) is 20.1 Å². The lowest BCUT2D eigenvalue weighted by Gasteiger charge is -2.09. The third-order valence-electron chi connectivity index (χ3n) is 4.81. The zero-order chi connectivity index (χ0) is 20.1. The molecule has 0 spiro atoms. The predicted octanol–water partition coefficient (Wildman–Crippen LogP) is 3.26. The zero-order valence-corrected chi connectivity index (χ0v) is 17.2. The lowest BCUT2D eigenvalue weighted by atomic mass is 10.1. The molecule has 29 heavy (non-hydrogen) atoms. The highest BCUT2D eigenvalue weighted by atomic mass is 32.2. The molecule has 7 nitrogen and oxygen atoms in total. The molecule has 3 aromatic rings. The quantitative estimate of drug-likeness (QED) is 0.515. The van der Waals surface area contributed by atoms with Crippen molar-refractivity contribution in [2.75, 3.05) is 19.4 Å². The molecule has 0 atom stereocenters. The molecule has 4 rings (SSSR count). The summed E-state index contributed by atoms with van der Waals surface area (Å²) in [4.78, 5) is 12.3. The molecule has 1 aliphatic rings. The monoisotopic (exact) mass is 412 g/mol. The zero-order valence-electron chi connectivity index (χ0n) is 16.3. The minimum absolute atomic E-state index is 0.0102. The largest absolute Gasteiger partial charge is 0.497 e. The van der Waals surface area contributed by atoms with Gasteiger partial charge in [0, 0.05) is 12.5 Å². The molecule has 1 fully saturated rings. The highest BCUT2D eigenvalue weighted by Gasteiger charge is 2.30. The summed E-state index contributed by atoms with van der Waals surface area (Å²) in [5.74, 6) is 3.46. The molecule has 1 amide bonds. The van der Waals surface area contributed by atoms with E-state index in [1.54, 1.807) is 13.4 Å². The van der Waals surface area contributed by atoms with Crippen molar-refractivity contribution in [3.05, 3.63) is 59.8 Å². The van der Waals surface area contributed by atoms with Crippen molar-refractivity contribution in [1.29, 1.82) is 0 Å². The van der Waals surface area contributed by atoms with Crippen LogP contribution in [0.1, 0.15) is 35.9 Å². The summed E-state index contributed by atoms with van der Waals surface area (Å²) in [5.41, 5.74) is 1.16. The van der Waals surface area contributed by atoms with E-state index < -0.39 is 0 Å². The second-order valence-electron chi connectivity index (χ2n) is 7.02. The molecule has 1 aromatic carbocycles. The molecule has 0 saturated heterocycles. The van der Waals surface area contributed by atoms with Gasteiger partial charge in [0.2, 0.25) is 5.91 Å². The Morgan fingerprint density at radius 2 is 2.10 bits per heavy atom. The van der Waals surface area contributed by atoms with Crippen LogP contribution in [0.5, 0.6) is 5.75 Å². The van der Waals surface area contributed by atoms with E-state index in [-0.39, 0.29) is 5.91 Å². The number of amides is 1. The first-order valence-corrected chi connectivity index (χ1v) is 10.7. The molecular formula is C21H24N4O3S. The molecule has 0 bridgehead atoms. The molecule has 1 saturated carbocycles. The Bertz CT molecular complexity index is 934. The average molecular weight is 413 g/mol. The molecule has 2 heterocycles. The number of nitrogens with zero attached hydrogens (tertiary/aromatic N) is 3. The Labute approximate surface area is 173 Å². The standard InChI is InChI=1S/C21H24N4O3S/c1-27-17-8-4-15(5-9-17)10-11-22-19(26)14-29-21-24-23-20(16-6-7-16)25(21)13-18-3-2-12-28-18/h2-5,8-9,12,16H,6-7,10-11,13-14H2,1H3,(H,22,26). The van der Waals surface area contributed by atoms with Crippen LogP contribution in [0, 0.1) is 0 Å². The second kappa shape index (κ2) is 9.17. The SMILES string of the molecule is COc1ccc(CCNC(=O)CSc2nnc(C3CC3)n2Cc2ccco2)cc1. The predicted molar refractivity (Wildman–Crippen MR) is 110 cm³/mol. The summed E-state index contributed by atoms with van der Waals surface area (Å²) in [7, 11) is 1.65. The molecule has 0 radical (unpaired) electrons. The lowest BCUT2D eigenvalue weighted by Crippen LogP contribution is -2.27. The topological polar surface area (TPSA) is 82.2 Å². The fourth-order valence-corrected chi connectivity index (χ4v) is 3.85. The van der Waals surface area contributed by atoms with E-state index in [4.69, 9.17) is 9.15 Å². The van der Waals surface area contributed by atoms with Gasteiger partial charge in [-0.15, -0.1) is 10.2 Å². The summed E-state index contributed by atoms with van der Waals surface area (Å²) in [6, 6.07) is 11.7. The van der Waals surface area contributed by atoms with Crippen molar-refractivity contribution < 1.29 is 13.9 Å². The normalized spacial score (nSPS) is 13.4. The first-order valence-electron chi connectivity index (χ1n) is 9.71. The number of furan rings is 1. The number of nitrogens with one attached hydrogen (secondary N) is 1. The number of rotatable bonds is 10. The maximum atomic E-state index is 12.3. The molecule has 2 aromatic heterocycles. The van der Waals surface area contributed by atoms with E-state index in [0.29, 0.717) is 24.8 Å². The Morgan fingerprint density at radius 3 is 2.79 bits per heavy atom. The first-order chi connectivity index (χ1) is 14.2. The van der Waals surface area contributed by atoms with Crippen LogP contribution in [-0.4, -0.2) is 40.1 Å². The fourth-order valence-electron chi connectivity index (χ4n) is 3.08. The van der Waals surface area contributed by atoms with Crippen LogP contribution < -0.4 is 10.1 Å². The Balaban J connectivity index is 1.28. The maximum Gasteiger partial charge on any atom is 0.230 e.